The SMILES string of the molecule is NNc1cc(CNC(=O)C2CC2)ccc1Cl. The molecule has 86 valence electrons. The minimum Gasteiger partial charge on any atom is -0.352 e. The molecule has 1 aromatic rings. The molecule has 1 saturated carbocycles. The topological polar surface area (TPSA) is 67.2 Å². The summed E-state index contributed by atoms with van der Waals surface area (Å²) in [6.07, 6.45) is 2.03. The Balaban J connectivity index is 1.95. The van der Waals surface area contributed by atoms with E-state index in [9.17, 15) is 4.79 Å². The number of nitrogens with one attached hydrogen (secondary N) is 2. The van der Waals surface area contributed by atoms with Crippen LogP contribution in [0, 0.1) is 5.92 Å². The van der Waals surface area contributed by atoms with Crippen LogP contribution in [0.5, 0.6) is 0 Å². The van der Waals surface area contributed by atoms with Gasteiger partial charge in [-0.15, -0.1) is 0 Å². The van der Waals surface area contributed by atoms with Gasteiger partial charge in [0.15, 0.2) is 0 Å². The maximum Gasteiger partial charge on any atom is 0.223 e. The van der Waals surface area contributed by atoms with Crippen LogP contribution in [0.25, 0.3) is 0 Å². The maximum atomic E-state index is 11.4. The monoisotopic (exact) mass is 239 g/mol. The number of halogens is 1. The zero-order valence-corrected chi connectivity index (χ0v) is 9.55. The van der Waals surface area contributed by atoms with Gasteiger partial charge in [0.25, 0.3) is 0 Å². The highest BCUT2D eigenvalue weighted by atomic mass is 35.5. The van der Waals surface area contributed by atoms with Gasteiger partial charge in [0.2, 0.25) is 5.91 Å². The number of carbonyl (C=O) groups excluding carboxylic acids is 1. The molecule has 5 heteroatoms. The lowest BCUT2D eigenvalue weighted by atomic mass is 10.2. The molecule has 4 N–H and O–H groups in total. The Morgan fingerprint density at radius 2 is 2.25 bits per heavy atom. The summed E-state index contributed by atoms with van der Waals surface area (Å²) in [4.78, 5) is 11.4. The molecular weight excluding hydrogens is 226 g/mol. The summed E-state index contributed by atoms with van der Waals surface area (Å²) in [6.45, 7) is 0.515. The molecule has 0 saturated heterocycles. The Morgan fingerprint density at radius 1 is 1.50 bits per heavy atom. The predicted molar refractivity (Wildman–Crippen MR) is 63.8 cm³/mol. The highest BCUT2D eigenvalue weighted by Gasteiger charge is 2.29. The zero-order chi connectivity index (χ0) is 11.5. The minimum atomic E-state index is 0.136. The second-order valence-corrected chi connectivity index (χ2v) is 4.36. The van der Waals surface area contributed by atoms with Gasteiger partial charge in [-0.2, -0.15) is 0 Å². The van der Waals surface area contributed by atoms with E-state index in [1.54, 1.807) is 6.07 Å². The summed E-state index contributed by atoms with van der Waals surface area (Å²) in [5.41, 5.74) is 4.16. The van der Waals surface area contributed by atoms with Crippen molar-refractivity contribution in [3.8, 4) is 0 Å². The first-order chi connectivity index (χ1) is 7.70. The van der Waals surface area contributed by atoms with Crippen molar-refractivity contribution in [2.75, 3.05) is 5.43 Å². The third kappa shape index (κ3) is 2.65. The maximum absolute atomic E-state index is 11.4. The number of hydrazine groups is 1. The van der Waals surface area contributed by atoms with Crippen LogP contribution < -0.4 is 16.6 Å². The van der Waals surface area contributed by atoms with Crippen LogP contribution in [0.4, 0.5) is 5.69 Å². The van der Waals surface area contributed by atoms with E-state index >= 15 is 0 Å². The minimum absolute atomic E-state index is 0.136. The molecule has 1 aromatic carbocycles. The summed E-state index contributed by atoms with van der Waals surface area (Å²) in [6, 6.07) is 5.46. The predicted octanol–water partition coefficient (Wildman–Crippen LogP) is 1.65. The quantitative estimate of drug-likeness (QED) is 0.553. The smallest absolute Gasteiger partial charge is 0.223 e. The van der Waals surface area contributed by atoms with Gasteiger partial charge in [-0.25, -0.2) is 0 Å². The number of amides is 1. The van der Waals surface area contributed by atoms with Crippen molar-refractivity contribution < 1.29 is 4.79 Å². The lowest BCUT2D eigenvalue weighted by molar-refractivity contribution is -0.122. The highest BCUT2D eigenvalue weighted by Crippen LogP contribution is 2.29. The average molecular weight is 240 g/mol. The fourth-order valence-corrected chi connectivity index (χ4v) is 1.64. The number of anilines is 1. The Kier molecular flexibility index (Phi) is 3.31. The molecule has 1 aliphatic rings. The van der Waals surface area contributed by atoms with Gasteiger partial charge >= 0.3 is 0 Å². The van der Waals surface area contributed by atoms with Gasteiger partial charge < -0.3 is 10.7 Å². The molecule has 1 aliphatic carbocycles. The summed E-state index contributed by atoms with van der Waals surface area (Å²) in [5.74, 6) is 5.68. The Morgan fingerprint density at radius 3 is 2.88 bits per heavy atom. The molecule has 2 rings (SSSR count). The van der Waals surface area contributed by atoms with Crippen molar-refractivity contribution in [3.63, 3.8) is 0 Å². The molecule has 1 fully saturated rings. The van der Waals surface area contributed by atoms with Gasteiger partial charge in [0.05, 0.1) is 10.7 Å². The van der Waals surface area contributed by atoms with Crippen molar-refractivity contribution in [1.29, 1.82) is 0 Å². The Bertz CT molecular complexity index is 404. The summed E-state index contributed by atoms with van der Waals surface area (Å²) in [5, 5.41) is 3.45. The molecule has 0 spiro atoms. The number of hydrogen-bond donors (Lipinski definition) is 3. The van der Waals surface area contributed by atoms with Crippen molar-refractivity contribution in [2.45, 2.75) is 19.4 Å². The van der Waals surface area contributed by atoms with Crippen LogP contribution in [0.1, 0.15) is 18.4 Å². The number of nitrogen functional groups attached to an aromatic ring is 1. The van der Waals surface area contributed by atoms with Gasteiger partial charge in [-0.05, 0) is 30.5 Å². The van der Waals surface area contributed by atoms with Crippen LogP contribution in [-0.4, -0.2) is 5.91 Å². The van der Waals surface area contributed by atoms with E-state index < -0.39 is 0 Å². The average Bonchev–Trinajstić information content (AvgIpc) is 3.11. The van der Waals surface area contributed by atoms with Crippen molar-refractivity contribution in [2.24, 2.45) is 11.8 Å². The second-order valence-electron chi connectivity index (χ2n) is 3.95. The molecule has 4 nitrogen and oxygen atoms in total. The van der Waals surface area contributed by atoms with Crippen LogP contribution in [-0.2, 0) is 11.3 Å². The van der Waals surface area contributed by atoms with E-state index in [1.165, 1.54) is 0 Å². The molecule has 0 atom stereocenters. The van der Waals surface area contributed by atoms with Gasteiger partial charge in [0, 0.05) is 12.5 Å². The first kappa shape index (κ1) is 11.2. The number of hydrogen-bond acceptors (Lipinski definition) is 3. The largest absolute Gasteiger partial charge is 0.352 e. The van der Waals surface area contributed by atoms with Gasteiger partial charge in [-0.3, -0.25) is 10.6 Å². The zero-order valence-electron chi connectivity index (χ0n) is 8.79. The summed E-state index contributed by atoms with van der Waals surface area (Å²) >= 11 is 5.89. The molecule has 0 unspecified atom stereocenters. The van der Waals surface area contributed by atoms with Crippen LogP contribution in [0.2, 0.25) is 5.02 Å². The summed E-state index contributed by atoms with van der Waals surface area (Å²) < 4.78 is 0. The second kappa shape index (κ2) is 4.72. The molecule has 0 aromatic heterocycles. The van der Waals surface area contributed by atoms with Crippen LogP contribution in [0.15, 0.2) is 18.2 Å². The number of carbonyl (C=O) groups is 1. The van der Waals surface area contributed by atoms with E-state index in [1.807, 2.05) is 12.1 Å². The highest BCUT2D eigenvalue weighted by molar-refractivity contribution is 6.33. The summed E-state index contributed by atoms with van der Waals surface area (Å²) in [7, 11) is 0. The third-order valence-electron chi connectivity index (χ3n) is 2.60. The van der Waals surface area contributed by atoms with E-state index in [2.05, 4.69) is 10.7 Å². The number of nitrogens with two attached hydrogens (primary N) is 1. The van der Waals surface area contributed by atoms with Crippen molar-refractivity contribution >= 4 is 23.2 Å². The van der Waals surface area contributed by atoms with Gasteiger partial charge in [0.1, 0.15) is 0 Å². The van der Waals surface area contributed by atoms with E-state index in [4.69, 9.17) is 17.4 Å². The van der Waals surface area contributed by atoms with E-state index in [0.29, 0.717) is 17.3 Å². The first-order valence-electron chi connectivity index (χ1n) is 5.23. The van der Waals surface area contributed by atoms with E-state index in [0.717, 1.165) is 18.4 Å². The molecule has 0 heterocycles. The molecule has 0 radical (unpaired) electrons. The molecular formula is C11H14ClN3O. The lowest BCUT2D eigenvalue weighted by Crippen LogP contribution is -2.24. The van der Waals surface area contributed by atoms with Gasteiger partial charge in [-0.1, -0.05) is 17.7 Å². The van der Waals surface area contributed by atoms with Crippen LogP contribution >= 0.6 is 11.6 Å². The Labute approximate surface area is 99.1 Å². The molecule has 1 amide bonds. The fourth-order valence-electron chi connectivity index (χ4n) is 1.47. The number of benzene rings is 1. The third-order valence-corrected chi connectivity index (χ3v) is 2.93. The standard InChI is InChI=1S/C11H14ClN3O/c12-9-4-1-7(5-10(9)15-13)6-14-11(16)8-2-3-8/h1,4-5,8,15H,2-3,6,13H2,(H,14,16). The Hall–Kier alpha value is -1.26. The fraction of sp³-hybridized carbons (Fsp3) is 0.364. The molecule has 0 bridgehead atoms. The number of rotatable bonds is 4. The van der Waals surface area contributed by atoms with E-state index in [-0.39, 0.29) is 11.8 Å². The van der Waals surface area contributed by atoms with Crippen LogP contribution in [0.3, 0.4) is 0 Å². The molecule has 0 aliphatic heterocycles. The normalized spacial score (nSPS) is 14.6. The van der Waals surface area contributed by atoms with Crippen molar-refractivity contribution in [1.82, 2.24) is 5.32 Å². The lowest BCUT2D eigenvalue weighted by Gasteiger charge is -2.08. The molecule has 16 heavy (non-hydrogen) atoms. The van der Waals surface area contributed by atoms with Crippen molar-refractivity contribution in [3.05, 3.63) is 28.8 Å². The first-order valence-corrected chi connectivity index (χ1v) is 5.61.